The highest BCUT2D eigenvalue weighted by Gasteiger charge is 2.39. The summed E-state index contributed by atoms with van der Waals surface area (Å²) in [7, 11) is 0. The van der Waals surface area contributed by atoms with Gasteiger partial charge in [0, 0.05) is 17.0 Å². The molecule has 2 aromatic carbocycles. The second-order valence-corrected chi connectivity index (χ2v) is 8.88. The van der Waals surface area contributed by atoms with E-state index in [1.54, 1.807) is 23.6 Å². The molecule has 170 valence electrons. The molecule has 4 heterocycles. The Kier molecular flexibility index (Phi) is 4.47. The van der Waals surface area contributed by atoms with Gasteiger partial charge in [0.2, 0.25) is 0 Å². The van der Waals surface area contributed by atoms with Crippen molar-refractivity contribution in [2.75, 3.05) is 0 Å². The molecule has 6 nitrogen and oxygen atoms in total. The van der Waals surface area contributed by atoms with Gasteiger partial charge in [-0.3, -0.25) is 9.59 Å². The molecule has 0 bridgehead atoms. The Bertz CT molecular complexity index is 1560. The van der Waals surface area contributed by atoms with Gasteiger partial charge in [-0.25, -0.2) is 9.37 Å². The van der Waals surface area contributed by atoms with Crippen LogP contribution in [0.1, 0.15) is 36.5 Å². The van der Waals surface area contributed by atoms with Gasteiger partial charge in [0.25, 0.3) is 5.56 Å². The number of ether oxygens (including phenoxy) is 1. The van der Waals surface area contributed by atoms with Gasteiger partial charge in [-0.15, -0.1) is 0 Å². The number of aromatic nitrogens is 2. The molecular formula is C27H21FN2O4. The van der Waals surface area contributed by atoms with E-state index in [0.29, 0.717) is 22.5 Å². The van der Waals surface area contributed by atoms with Gasteiger partial charge in [0.15, 0.2) is 0 Å². The van der Waals surface area contributed by atoms with Crippen LogP contribution in [0, 0.1) is 5.82 Å². The van der Waals surface area contributed by atoms with E-state index in [0.717, 1.165) is 22.1 Å². The standard InChI is InChI=1S/C27H21FN2O4/c1-2-27(33)12-23(31)34-14-19-20(27)11-22-25-18(13-30(22)26(19)32)24(15-6-4-3-5-7-15)17-9-8-16(28)10-21(17)29-25/h3-11,33H,2,12-14H2,1H3/t27-/m1/s1. The number of nitrogens with zero attached hydrogens (tertiary/aromatic N) is 2. The maximum Gasteiger partial charge on any atom is 0.309 e. The molecule has 7 heteroatoms. The molecule has 1 atom stereocenters. The number of benzene rings is 2. The van der Waals surface area contributed by atoms with Crippen molar-refractivity contribution in [1.29, 1.82) is 0 Å². The van der Waals surface area contributed by atoms with Crippen LogP contribution in [-0.4, -0.2) is 20.6 Å². The van der Waals surface area contributed by atoms with E-state index >= 15 is 0 Å². The first-order valence-electron chi connectivity index (χ1n) is 11.2. The molecule has 6 rings (SSSR count). The van der Waals surface area contributed by atoms with Crippen molar-refractivity contribution < 1.29 is 19.0 Å². The molecule has 0 spiro atoms. The molecule has 0 saturated heterocycles. The van der Waals surface area contributed by atoms with E-state index in [4.69, 9.17) is 9.72 Å². The maximum absolute atomic E-state index is 14.2. The normalized spacial score (nSPS) is 18.7. The number of aliphatic hydroxyl groups is 1. The van der Waals surface area contributed by atoms with Crippen LogP contribution in [0.3, 0.4) is 0 Å². The Morgan fingerprint density at radius 1 is 1.12 bits per heavy atom. The number of hydrogen-bond acceptors (Lipinski definition) is 5. The maximum atomic E-state index is 14.2. The van der Waals surface area contributed by atoms with Crippen molar-refractivity contribution >= 4 is 16.9 Å². The minimum absolute atomic E-state index is 0.182. The van der Waals surface area contributed by atoms with Crippen LogP contribution in [0.25, 0.3) is 33.4 Å². The number of halogens is 1. The smallest absolute Gasteiger partial charge is 0.309 e. The van der Waals surface area contributed by atoms with Crippen molar-refractivity contribution in [2.24, 2.45) is 0 Å². The van der Waals surface area contributed by atoms with Gasteiger partial charge in [0.1, 0.15) is 18.0 Å². The van der Waals surface area contributed by atoms with Crippen LogP contribution < -0.4 is 5.56 Å². The first-order chi connectivity index (χ1) is 16.4. The summed E-state index contributed by atoms with van der Waals surface area (Å²) in [6.07, 6.45) is 0.0222. The van der Waals surface area contributed by atoms with E-state index in [1.165, 1.54) is 12.1 Å². The third-order valence-electron chi connectivity index (χ3n) is 6.97. The van der Waals surface area contributed by atoms with Crippen LogP contribution >= 0.6 is 0 Å². The van der Waals surface area contributed by atoms with Gasteiger partial charge in [-0.1, -0.05) is 37.3 Å². The first-order valence-corrected chi connectivity index (χ1v) is 11.2. The Hall–Kier alpha value is -3.84. The predicted molar refractivity (Wildman–Crippen MR) is 125 cm³/mol. The van der Waals surface area contributed by atoms with Crippen LogP contribution in [0.2, 0.25) is 0 Å². The Morgan fingerprint density at radius 3 is 2.68 bits per heavy atom. The number of fused-ring (bicyclic) bond motifs is 5. The fraction of sp³-hybridized carbons (Fsp3) is 0.222. The zero-order valence-electron chi connectivity index (χ0n) is 18.5. The summed E-state index contributed by atoms with van der Waals surface area (Å²) in [6.45, 7) is 1.86. The lowest BCUT2D eigenvalue weighted by molar-refractivity contribution is -0.149. The van der Waals surface area contributed by atoms with Gasteiger partial charge < -0.3 is 14.4 Å². The van der Waals surface area contributed by atoms with E-state index < -0.39 is 17.4 Å². The van der Waals surface area contributed by atoms with Crippen molar-refractivity contribution in [2.45, 2.75) is 38.5 Å². The van der Waals surface area contributed by atoms with Crippen LogP contribution in [0.5, 0.6) is 0 Å². The largest absolute Gasteiger partial charge is 0.460 e. The number of carbonyl (C=O) groups is 1. The molecule has 2 aliphatic rings. The molecule has 0 aliphatic carbocycles. The van der Waals surface area contributed by atoms with E-state index in [-0.39, 0.29) is 37.1 Å². The molecule has 4 aromatic rings. The lowest BCUT2D eigenvalue weighted by Crippen LogP contribution is -2.32. The third-order valence-corrected chi connectivity index (χ3v) is 6.97. The quantitative estimate of drug-likeness (QED) is 0.401. The first kappa shape index (κ1) is 20.7. The minimum Gasteiger partial charge on any atom is -0.460 e. The Labute approximate surface area is 194 Å². The van der Waals surface area contributed by atoms with Crippen molar-refractivity contribution in [3.8, 4) is 22.5 Å². The highest BCUT2D eigenvalue weighted by atomic mass is 19.1. The summed E-state index contributed by atoms with van der Waals surface area (Å²) in [4.78, 5) is 30.5. The molecule has 34 heavy (non-hydrogen) atoms. The predicted octanol–water partition coefficient (Wildman–Crippen LogP) is 4.28. The number of carbonyl (C=O) groups excluding carboxylic acids is 1. The third kappa shape index (κ3) is 2.93. The summed E-state index contributed by atoms with van der Waals surface area (Å²) in [5.74, 6) is -0.941. The molecule has 0 fully saturated rings. The zero-order valence-corrected chi connectivity index (χ0v) is 18.5. The van der Waals surface area contributed by atoms with Gasteiger partial charge in [0.05, 0.1) is 35.4 Å². The van der Waals surface area contributed by atoms with Gasteiger partial charge in [-0.2, -0.15) is 0 Å². The summed E-state index contributed by atoms with van der Waals surface area (Å²) >= 11 is 0. The lowest BCUT2D eigenvalue weighted by Gasteiger charge is -2.26. The average Bonchev–Trinajstić information content (AvgIpc) is 3.14. The number of hydrogen-bond donors (Lipinski definition) is 1. The van der Waals surface area contributed by atoms with Crippen LogP contribution in [-0.2, 0) is 28.3 Å². The molecule has 1 N–H and O–H groups in total. The Balaban J connectivity index is 1.68. The average molecular weight is 456 g/mol. The summed E-state index contributed by atoms with van der Waals surface area (Å²) in [6, 6.07) is 16.0. The molecule has 0 unspecified atom stereocenters. The van der Waals surface area contributed by atoms with Gasteiger partial charge >= 0.3 is 5.97 Å². The molecule has 0 saturated carbocycles. The van der Waals surface area contributed by atoms with E-state index in [1.807, 2.05) is 30.3 Å². The highest BCUT2D eigenvalue weighted by molar-refractivity contribution is 5.99. The molecule has 0 radical (unpaired) electrons. The summed E-state index contributed by atoms with van der Waals surface area (Å²) < 4.78 is 21.0. The Morgan fingerprint density at radius 2 is 1.91 bits per heavy atom. The second kappa shape index (κ2) is 7.33. The number of cyclic esters (lactones) is 1. The molecular weight excluding hydrogens is 435 g/mol. The number of pyridine rings is 2. The zero-order chi connectivity index (χ0) is 23.6. The summed E-state index contributed by atoms with van der Waals surface area (Å²) in [5.41, 5.74) is 3.16. The van der Waals surface area contributed by atoms with Crippen molar-refractivity contribution in [3.05, 3.63) is 87.5 Å². The number of rotatable bonds is 2. The van der Waals surface area contributed by atoms with Gasteiger partial charge in [-0.05, 0) is 41.3 Å². The molecule has 0 amide bonds. The van der Waals surface area contributed by atoms with Crippen LogP contribution in [0.15, 0.2) is 59.4 Å². The highest BCUT2D eigenvalue weighted by Crippen LogP contribution is 2.43. The monoisotopic (exact) mass is 456 g/mol. The fourth-order valence-electron chi connectivity index (χ4n) is 5.19. The molecule has 2 aromatic heterocycles. The lowest BCUT2D eigenvalue weighted by atomic mass is 9.85. The molecule has 2 aliphatic heterocycles. The summed E-state index contributed by atoms with van der Waals surface area (Å²) in [5, 5.41) is 12.1. The van der Waals surface area contributed by atoms with Crippen molar-refractivity contribution in [1.82, 2.24) is 9.55 Å². The number of esters is 1. The van der Waals surface area contributed by atoms with Crippen molar-refractivity contribution in [3.63, 3.8) is 0 Å². The SMILES string of the molecule is CC[C@@]1(O)CC(=O)OCc2c1cc1n(c2=O)Cc2c-1nc1cc(F)ccc1c2-c1ccccc1. The fourth-order valence-corrected chi connectivity index (χ4v) is 5.19. The van der Waals surface area contributed by atoms with Crippen LogP contribution in [0.4, 0.5) is 4.39 Å². The topological polar surface area (TPSA) is 81.4 Å². The second-order valence-electron chi connectivity index (χ2n) is 8.88. The van der Waals surface area contributed by atoms with E-state index in [2.05, 4.69) is 0 Å². The minimum atomic E-state index is -1.51. The van der Waals surface area contributed by atoms with E-state index in [9.17, 15) is 19.1 Å².